The van der Waals surface area contributed by atoms with E-state index in [0.717, 1.165) is 28.8 Å². The summed E-state index contributed by atoms with van der Waals surface area (Å²) in [6, 6.07) is 17.2. The molecule has 8 heteroatoms. The van der Waals surface area contributed by atoms with E-state index >= 15 is 0 Å². The maximum atomic E-state index is 10.7. The summed E-state index contributed by atoms with van der Waals surface area (Å²) in [5.41, 5.74) is 4.79. The maximum Gasteiger partial charge on any atom is 0.286 e. The number of aryl methyl sites for hydroxylation is 2. The van der Waals surface area contributed by atoms with E-state index in [2.05, 4.69) is 4.57 Å². The molecule has 0 unspecified atom stereocenters. The molecule has 30 heavy (non-hydrogen) atoms. The zero-order chi connectivity index (χ0) is 21.9. The van der Waals surface area contributed by atoms with E-state index in [9.17, 15) is 17.8 Å². The normalized spacial score (nSPS) is 11.1. The van der Waals surface area contributed by atoms with Gasteiger partial charge in [0.25, 0.3) is 5.65 Å². The molecule has 0 spiro atoms. The zero-order valence-electron chi connectivity index (χ0n) is 16.3. The summed E-state index contributed by atoms with van der Waals surface area (Å²) < 4.78 is 35.2. The molecule has 6 nitrogen and oxygen atoms in total. The quantitative estimate of drug-likeness (QED) is 0.274. The van der Waals surface area contributed by atoms with Gasteiger partial charge in [0.1, 0.15) is 28.8 Å². The predicted molar refractivity (Wildman–Crippen MR) is 114 cm³/mol. The standard InChI is InChI=1S/C15H12ClN2O.C7H8O3S/c1-17-14(12-4-2-11(10-19)3-5-12)9-18-8-13(16)6-7-15(17)18;1-6-2-4-7(5-3-6)11(8,9)10/h2-10H,1H3;2-5H,1H3,(H,8,9,10)/q+1;/p-1. The summed E-state index contributed by atoms with van der Waals surface area (Å²) in [4.78, 5) is 10.5. The second-order valence-corrected chi connectivity index (χ2v) is 8.51. The van der Waals surface area contributed by atoms with Crippen LogP contribution in [0.2, 0.25) is 5.02 Å². The Morgan fingerprint density at radius 3 is 2.17 bits per heavy atom. The fourth-order valence-electron chi connectivity index (χ4n) is 2.92. The van der Waals surface area contributed by atoms with E-state index < -0.39 is 10.1 Å². The number of aldehydes is 1. The van der Waals surface area contributed by atoms with Crippen LogP contribution in [0.1, 0.15) is 15.9 Å². The lowest BCUT2D eigenvalue weighted by Gasteiger charge is -2.05. The summed E-state index contributed by atoms with van der Waals surface area (Å²) in [7, 11) is -2.26. The van der Waals surface area contributed by atoms with E-state index in [1.807, 2.05) is 67.2 Å². The molecule has 0 radical (unpaired) electrons. The largest absolute Gasteiger partial charge is 0.744 e. The number of carbonyl (C=O) groups excluding carboxylic acids is 1. The van der Waals surface area contributed by atoms with Crippen molar-refractivity contribution in [3.05, 3.63) is 89.2 Å². The van der Waals surface area contributed by atoms with Crippen LogP contribution >= 0.6 is 11.6 Å². The van der Waals surface area contributed by atoms with Crippen LogP contribution in [0.3, 0.4) is 0 Å². The average Bonchev–Trinajstić information content (AvgIpc) is 3.04. The number of hydrogen-bond donors (Lipinski definition) is 0. The third kappa shape index (κ3) is 4.94. The Balaban J connectivity index is 0.000000199. The van der Waals surface area contributed by atoms with E-state index in [4.69, 9.17) is 11.6 Å². The Morgan fingerprint density at radius 1 is 0.967 bits per heavy atom. The van der Waals surface area contributed by atoms with Crippen LogP contribution < -0.4 is 4.40 Å². The van der Waals surface area contributed by atoms with Crippen molar-refractivity contribution in [1.82, 2.24) is 4.57 Å². The molecule has 0 atom stereocenters. The zero-order valence-corrected chi connectivity index (χ0v) is 17.9. The van der Waals surface area contributed by atoms with Gasteiger partial charge in [0.2, 0.25) is 0 Å². The molecular formula is C22H19ClN2O4S. The number of fused-ring (bicyclic) bond motifs is 1. The minimum Gasteiger partial charge on any atom is -0.744 e. The maximum absolute atomic E-state index is 10.7. The number of pyridine rings is 1. The highest BCUT2D eigenvalue weighted by atomic mass is 35.5. The van der Waals surface area contributed by atoms with Gasteiger partial charge in [-0.15, -0.1) is 0 Å². The van der Waals surface area contributed by atoms with Gasteiger partial charge >= 0.3 is 0 Å². The SMILES string of the molecule is Cc1ccc(S(=O)(=O)[O-])cc1.Cn1c(-c2ccc(C=O)cc2)c[n+]2cc(Cl)ccc12. The van der Waals surface area contributed by atoms with Crippen molar-refractivity contribution in [3.63, 3.8) is 0 Å². The number of nitrogens with zero attached hydrogens (tertiary/aromatic N) is 2. The van der Waals surface area contributed by atoms with Crippen molar-refractivity contribution < 1.29 is 22.2 Å². The lowest BCUT2D eigenvalue weighted by atomic mass is 10.1. The third-order valence-electron chi connectivity index (χ3n) is 4.54. The Labute approximate surface area is 179 Å². The Kier molecular flexibility index (Phi) is 6.36. The number of hydrogen-bond acceptors (Lipinski definition) is 4. The lowest BCUT2D eigenvalue weighted by molar-refractivity contribution is -0.510. The molecule has 0 amide bonds. The first kappa shape index (κ1) is 21.7. The highest BCUT2D eigenvalue weighted by molar-refractivity contribution is 7.85. The first-order valence-electron chi connectivity index (χ1n) is 8.93. The molecule has 0 saturated carbocycles. The van der Waals surface area contributed by atoms with Crippen molar-refractivity contribution in [2.75, 3.05) is 0 Å². The Hall–Kier alpha value is -3.00. The van der Waals surface area contributed by atoms with Crippen molar-refractivity contribution in [2.45, 2.75) is 11.8 Å². The Bertz CT molecular complexity index is 1300. The molecule has 0 fully saturated rings. The molecule has 0 aliphatic rings. The topological polar surface area (TPSA) is 83.3 Å². The van der Waals surface area contributed by atoms with Crippen molar-refractivity contribution in [3.8, 4) is 11.3 Å². The second-order valence-electron chi connectivity index (χ2n) is 6.69. The third-order valence-corrected chi connectivity index (χ3v) is 5.61. The van der Waals surface area contributed by atoms with E-state index in [0.29, 0.717) is 10.6 Å². The smallest absolute Gasteiger partial charge is 0.286 e. The minimum atomic E-state index is -4.27. The molecule has 154 valence electrons. The molecule has 4 aromatic rings. The molecule has 0 bridgehead atoms. The molecule has 0 N–H and O–H groups in total. The number of benzene rings is 2. The van der Waals surface area contributed by atoms with Crippen LogP contribution in [0.4, 0.5) is 0 Å². The second kappa shape index (κ2) is 8.79. The molecule has 0 aliphatic heterocycles. The number of halogens is 1. The summed E-state index contributed by atoms with van der Waals surface area (Å²) in [5, 5.41) is 0.700. The molecule has 2 aromatic carbocycles. The highest BCUT2D eigenvalue weighted by Crippen LogP contribution is 2.20. The summed E-state index contributed by atoms with van der Waals surface area (Å²) >= 11 is 6.00. The molecule has 0 saturated heterocycles. The molecule has 2 aromatic heterocycles. The van der Waals surface area contributed by atoms with Gasteiger partial charge < -0.3 is 4.55 Å². The fraction of sp³-hybridized carbons (Fsp3) is 0.0909. The van der Waals surface area contributed by atoms with Crippen LogP contribution in [0.15, 0.2) is 78.0 Å². The molecular weight excluding hydrogens is 424 g/mol. The summed E-state index contributed by atoms with van der Waals surface area (Å²) in [6.45, 7) is 1.82. The van der Waals surface area contributed by atoms with Gasteiger partial charge in [-0.25, -0.2) is 17.4 Å². The van der Waals surface area contributed by atoms with Gasteiger partial charge in [0.15, 0.2) is 5.69 Å². The average molecular weight is 443 g/mol. The van der Waals surface area contributed by atoms with Crippen molar-refractivity contribution >= 4 is 33.7 Å². The van der Waals surface area contributed by atoms with Crippen LogP contribution in [0.5, 0.6) is 0 Å². The van der Waals surface area contributed by atoms with E-state index in [1.165, 1.54) is 12.1 Å². The number of aromatic nitrogens is 2. The molecule has 2 heterocycles. The summed E-state index contributed by atoms with van der Waals surface area (Å²) in [5.74, 6) is 0. The molecule has 0 aliphatic carbocycles. The van der Waals surface area contributed by atoms with E-state index in [1.54, 1.807) is 12.1 Å². The number of imidazole rings is 1. The van der Waals surface area contributed by atoms with Gasteiger partial charge in [-0.2, -0.15) is 0 Å². The lowest BCUT2D eigenvalue weighted by Crippen LogP contribution is -2.17. The van der Waals surface area contributed by atoms with Gasteiger partial charge in [-0.1, -0.05) is 41.4 Å². The van der Waals surface area contributed by atoms with Gasteiger partial charge in [-0.3, -0.25) is 4.79 Å². The minimum absolute atomic E-state index is 0.178. The predicted octanol–water partition coefficient (Wildman–Crippen LogP) is 3.80. The molecule has 4 rings (SSSR count). The first-order chi connectivity index (χ1) is 14.2. The monoisotopic (exact) mass is 442 g/mol. The summed E-state index contributed by atoms with van der Waals surface area (Å²) in [6.07, 6.45) is 4.75. The van der Waals surface area contributed by atoms with Crippen LogP contribution in [-0.4, -0.2) is 23.8 Å². The Morgan fingerprint density at radius 2 is 1.60 bits per heavy atom. The van der Waals surface area contributed by atoms with E-state index in [-0.39, 0.29) is 4.90 Å². The highest BCUT2D eigenvalue weighted by Gasteiger charge is 2.15. The van der Waals surface area contributed by atoms with Gasteiger partial charge in [-0.05, 0) is 37.3 Å². The van der Waals surface area contributed by atoms with Crippen molar-refractivity contribution in [2.24, 2.45) is 7.05 Å². The number of rotatable bonds is 3. The van der Waals surface area contributed by atoms with Gasteiger partial charge in [0, 0.05) is 17.2 Å². The van der Waals surface area contributed by atoms with Crippen LogP contribution in [0.25, 0.3) is 16.9 Å². The first-order valence-corrected chi connectivity index (χ1v) is 10.7. The van der Waals surface area contributed by atoms with Gasteiger partial charge in [0.05, 0.1) is 17.0 Å². The van der Waals surface area contributed by atoms with Crippen LogP contribution in [-0.2, 0) is 17.2 Å². The fourth-order valence-corrected chi connectivity index (χ4v) is 3.56. The van der Waals surface area contributed by atoms with Crippen LogP contribution in [0, 0.1) is 6.92 Å². The van der Waals surface area contributed by atoms with Crippen molar-refractivity contribution in [1.29, 1.82) is 0 Å². The number of carbonyl (C=O) groups is 1.